The lowest BCUT2D eigenvalue weighted by atomic mass is 10.1. The number of para-hydroxylation sites is 1. The average molecular weight is 277 g/mol. The third-order valence-corrected chi connectivity index (χ3v) is 3.68. The lowest BCUT2D eigenvalue weighted by Gasteiger charge is -2.29. The fraction of sp³-hybridized carbons (Fsp3) is 0.533. The molecule has 5 heteroatoms. The highest BCUT2D eigenvalue weighted by atomic mass is 16.5. The number of hydrogen-bond acceptors (Lipinski definition) is 4. The zero-order valence-corrected chi connectivity index (χ0v) is 12.2. The van der Waals surface area contributed by atoms with Crippen molar-refractivity contribution in [3.63, 3.8) is 0 Å². The van der Waals surface area contributed by atoms with E-state index in [0.29, 0.717) is 19.6 Å². The van der Waals surface area contributed by atoms with Crippen LogP contribution >= 0.6 is 0 Å². The molecule has 5 nitrogen and oxygen atoms in total. The third-order valence-electron chi connectivity index (χ3n) is 3.68. The highest BCUT2D eigenvalue weighted by molar-refractivity contribution is 5.76. The van der Waals surface area contributed by atoms with Gasteiger partial charge >= 0.3 is 0 Å². The van der Waals surface area contributed by atoms with Crippen molar-refractivity contribution in [2.45, 2.75) is 19.0 Å². The van der Waals surface area contributed by atoms with Crippen LogP contribution in [-0.4, -0.2) is 55.5 Å². The maximum Gasteiger partial charge on any atom is 0.223 e. The summed E-state index contributed by atoms with van der Waals surface area (Å²) in [6.07, 6.45) is 0.450. The Morgan fingerprint density at radius 3 is 2.90 bits per heavy atom. The minimum atomic E-state index is 0.0552. The molecule has 1 aliphatic rings. The van der Waals surface area contributed by atoms with Crippen LogP contribution in [0.5, 0.6) is 5.75 Å². The van der Waals surface area contributed by atoms with Crippen molar-refractivity contribution in [2.75, 3.05) is 33.8 Å². The predicted octanol–water partition coefficient (Wildman–Crippen LogP) is 0.687. The first-order chi connectivity index (χ1) is 9.61. The molecule has 0 aliphatic carbocycles. The number of benzene rings is 1. The van der Waals surface area contributed by atoms with Gasteiger partial charge in [-0.25, -0.2) is 0 Å². The number of nitrogens with two attached hydrogens (primary N) is 1. The van der Waals surface area contributed by atoms with Crippen molar-refractivity contribution in [1.29, 1.82) is 0 Å². The number of ether oxygens (including phenoxy) is 1. The van der Waals surface area contributed by atoms with Gasteiger partial charge in [0.1, 0.15) is 12.4 Å². The molecule has 1 atom stereocenters. The number of hydrogen-bond donors (Lipinski definition) is 1. The number of carbonyl (C=O) groups is 1. The molecule has 1 heterocycles. The molecule has 1 unspecified atom stereocenters. The van der Waals surface area contributed by atoms with Gasteiger partial charge in [-0.1, -0.05) is 18.2 Å². The predicted molar refractivity (Wildman–Crippen MR) is 78.5 cm³/mol. The minimum absolute atomic E-state index is 0.0552. The second-order valence-corrected chi connectivity index (χ2v) is 5.31. The molecule has 1 amide bonds. The second kappa shape index (κ2) is 6.72. The third kappa shape index (κ3) is 3.49. The Labute approximate surface area is 120 Å². The number of rotatable bonds is 4. The molecule has 2 rings (SSSR count). The van der Waals surface area contributed by atoms with E-state index in [1.807, 2.05) is 18.2 Å². The maximum absolute atomic E-state index is 11.9. The molecule has 2 N–H and O–H groups in total. The van der Waals surface area contributed by atoms with Crippen LogP contribution in [-0.2, 0) is 11.3 Å². The lowest BCUT2D eigenvalue weighted by Crippen LogP contribution is -2.44. The first kappa shape index (κ1) is 14.8. The van der Waals surface area contributed by atoms with Crippen LogP contribution in [0.4, 0.5) is 0 Å². The number of nitrogens with zero attached hydrogens (tertiary/aromatic N) is 2. The van der Waals surface area contributed by atoms with Gasteiger partial charge in [0, 0.05) is 51.8 Å². The Hall–Kier alpha value is -1.59. The van der Waals surface area contributed by atoms with Crippen molar-refractivity contribution in [1.82, 2.24) is 9.80 Å². The van der Waals surface area contributed by atoms with E-state index in [2.05, 4.69) is 11.0 Å². The largest absolute Gasteiger partial charge is 0.492 e. The van der Waals surface area contributed by atoms with Crippen LogP contribution in [0.15, 0.2) is 24.3 Å². The Kier molecular flexibility index (Phi) is 4.98. The quantitative estimate of drug-likeness (QED) is 0.879. The SMILES string of the molecule is CN(C)C(=O)CC(CN)N1CCOc2ccccc2C1. The highest BCUT2D eigenvalue weighted by Gasteiger charge is 2.24. The number of carbonyl (C=O) groups excluding carboxylic acids is 1. The van der Waals surface area contributed by atoms with Crippen molar-refractivity contribution in [3.05, 3.63) is 29.8 Å². The molecule has 0 fully saturated rings. The number of amides is 1. The van der Waals surface area contributed by atoms with Gasteiger partial charge in [-0.2, -0.15) is 0 Å². The van der Waals surface area contributed by atoms with Gasteiger partial charge < -0.3 is 15.4 Å². The standard InChI is InChI=1S/C15H23N3O2/c1-17(2)15(19)9-13(10-16)18-7-8-20-14-6-4-3-5-12(14)11-18/h3-6,13H,7-11,16H2,1-2H3. The smallest absolute Gasteiger partial charge is 0.223 e. The molecule has 1 aromatic rings. The first-order valence-corrected chi connectivity index (χ1v) is 6.96. The summed E-state index contributed by atoms with van der Waals surface area (Å²) < 4.78 is 5.75. The molecule has 0 aromatic heterocycles. The van der Waals surface area contributed by atoms with E-state index in [1.165, 1.54) is 0 Å². The molecule has 0 radical (unpaired) electrons. The zero-order valence-electron chi connectivity index (χ0n) is 12.2. The summed E-state index contributed by atoms with van der Waals surface area (Å²) >= 11 is 0. The highest BCUT2D eigenvalue weighted by Crippen LogP contribution is 2.24. The van der Waals surface area contributed by atoms with Crippen LogP contribution in [0.2, 0.25) is 0 Å². The first-order valence-electron chi connectivity index (χ1n) is 6.96. The summed E-state index contributed by atoms with van der Waals surface area (Å²) in [5.74, 6) is 1.05. The van der Waals surface area contributed by atoms with E-state index in [-0.39, 0.29) is 11.9 Å². The fourth-order valence-electron chi connectivity index (χ4n) is 2.40. The molecule has 1 aliphatic heterocycles. The summed E-state index contributed by atoms with van der Waals surface area (Å²) in [6, 6.07) is 8.09. The Morgan fingerprint density at radius 1 is 1.45 bits per heavy atom. The van der Waals surface area contributed by atoms with Crippen LogP contribution in [0, 0.1) is 0 Å². The second-order valence-electron chi connectivity index (χ2n) is 5.31. The van der Waals surface area contributed by atoms with Crippen molar-refractivity contribution in [3.8, 4) is 5.75 Å². The topological polar surface area (TPSA) is 58.8 Å². The molecule has 20 heavy (non-hydrogen) atoms. The van der Waals surface area contributed by atoms with E-state index in [1.54, 1.807) is 19.0 Å². The van der Waals surface area contributed by atoms with Gasteiger partial charge in [0.25, 0.3) is 0 Å². The summed E-state index contributed by atoms with van der Waals surface area (Å²) in [5, 5.41) is 0. The normalized spacial score (nSPS) is 16.8. The lowest BCUT2D eigenvalue weighted by molar-refractivity contribution is -0.130. The van der Waals surface area contributed by atoms with E-state index in [9.17, 15) is 4.79 Å². The van der Waals surface area contributed by atoms with Crippen LogP contribution in [0.25, 0.3) is 0 Å². The Balaban J connectivity index is 2.09. The van der Waals surface area contributed by atoms with Gasteiger partial charge in [-0.05, 0) is 6.07 Å². The Morgan fingerprint density at radius 2 is 2.20 bits per heavy atom. The van der Waals surface area contributed by atoms with Gasteiger partial charge in [0.15, 0.2) is 0 Å². The molecule has 0 saturated heterocycles. The van der Waals surface area contributed by atoms with E-state index in [4.69, 9.17) is 10.5 Å². The van der Waals surface area contributed by atoms with E-state index in [0.717, 1.165) is 24.4 Å². The molecule has 0 spiro atoms. The molecule has 0 saturated carbocycles. The van der Waals surface area contributed by atoms with E-state index >= 15 is 0 Å². The number of fused-ring (bicyclic) bond motifs is 1. The van der Waals surface area contributed by atoms with Gasteiger partial charge in [0.2, 0.25) is 5.91 Å². The van der Waals surface area contributed by atoms with Crippen molar-refractivity contribution < 1.29 is 9.53 Å². The van der Waals surface area contributed by atoms with E-state index < -0.39 is 0 Å². The summed E-state index contributed by atoms with van der Waals surface area (Å²) in [5.41, 5.74) is 7.02. The van der Waals surface area contributed by atoms with Crippen molar-refractivity contribution in [2.24, 2.45) is 5.73 Å². The van der Waals surface area contributed by atoms with Crippen LogP contribution < -0.4 is 10.5 Å². The molecular formula is C15H23N3O2. The molecule has 0 bridgehead atoms. The summed E-state index contributed by atoms with van der Waals surface area (Å²) in [6.45, 7) is 2.67. The summed E-state index contributed by atoms with van der Waals surface area (Å²) in [7, 11) is 3.55. The van der Waals surface area contributed by atoms with Gasteiger partial charge in [-0.3, -0.25) is 9.69 Å². The van der Waals surface area contributed by atoms with Crippen molar-refractivity contribution >= 4 is 5.91 Å². The fourth-order valence-corrected chi connectivity index (χ4v) is 2.40. The van der Waals surface area contributed by atoms with Crippen LogP contribution in [0.3, 0.4) is 0 Å². The summed E-state index contributed by atoms with van der Waals surface area (Å²) in [4.78, 5) is 15.8. The van der Waals surface area contributed by atoms with Gasteiger partial charge in [0.05, 0.1) is 0 Å². The van der Waals surface area contributed by atoms with Gasteiger partial charge in [-0.15, -0.1) is 0 Å². The zero-order chi connectivity index (χ0) is 14.5. The molecule has 110 valence electrons. The monoisotopic (exact) mass is 277 g/mol. The average Bonchev–Trinajstić information content (AvgIpc) is 2.66. The van der Waals surface area contributed by atoms with Crippen LogP contribution in [0.1, 0.15) is 12.0 Å². The molecular weight excluding hydrogens is 254 g/mol. The molecule has 1 aromatic carbocycles. The minimum Gasteiger partial charge on any atom is -0.492 e. The maximum atomic E-state index is 11.9. The Bertz CT molecular complexity index is 462.